The first-order valence-corrected chi connectivity index (χ1v) is 4.88. The monoisotopic (exact) mass is 212 g/mol. The predicted molar refractivity (Wildman–Crippen MR) is 56.4 cm³/mol. The molecule has 0 spiro atoms. The molecule has 0 saturated heterocycles. The minimum absolute atomic E-state index is 0.0432. The Kier molecular flexibility index (Phi) is 4.79. The molecular formula is C9H16N4O2. The molecule has 4 N–H and O–H groups in total. The Morgan fingerprint density at radius 2 is 2.33 bits per heavy atom. The Balaban J connectivity index is 2.79. The molecule has 1 aromatic rings. The fourth-order valence-electron chi connectivity index (χ4n) is 1.11. The van der Waals surface area contributed by atoms with Crippen LogP contribution in [0.1, 0.15) is 19.2 Å². The van der Waals surface area contributed by atoms with Crippen molar-refractivity contribution in [2.45, 2.75) is 19.8 Å². The van der Waals surface area contributed by atoms with Gasteiger partial charge in [0.1, 0.15) is 18.2 Å². The van der Waals surface area contributed by atoms with Crippen molar-refractivity contribution in [3.8, 4) is 5.88 Å². The number of nitrogens with one attached hydrogen (secondary N) is 1. The summed E-state index contributed by atoms with van der Waals surface area (Å²) in [6.45, 7) is 2.21. The first-order valence-electron chi connectivity index (χ1n) is 4.88. The third kappa shape index (κ3) is 3.69. The second-order valence-corrected chi connectivity index (χ2v) is 2.97. The molecule has 0 radical (unpaired) electrons. The van der Waals surface area contributed by atoms with Crippen molar-refractivity contribution < 1.29 is 9.84 Å². The van der Waals surface area contributed by atoms with Crippen LogP contribution in [-0.4, -0.2) is 28.3 Å². The quantitative estimate of drug-likeness (QED) is 0.457. The molecule has 0 aromatic carbocycles. The maximum absolute atomic E-state index is 8.62. The second kappa shape index (κ2) is 6.15. The molecule has 0 amide bonds. The maximum atomic E-state index is 8.62. The highest BCUT2D eigenvalue weighted by molar-refractivity contribution is 5.36. The van der Waals surface area contributed by atoms with Crippen LogP contribution in [0, 0.1) is 0 Å². The number of anilines is 1. The average Bonchev–Trinajstić information content (AvgIpc) is 2.26. The fraction of sp³-hybridized carbons (Fsp3) is 0.556. The average molecular weight is 212 g/mol. The molecule has 0 unspecified atom stereocenters. The maximum Gasteiger partial charge on any atom is 0.218 e. The summed E-state index contributed by atoms with van der Waals surface area (Å²) in [7, 11) is 0. The third-order valence-electron chi connectivity index (χ3n) is 1.71. The van der Waals surface area contributed by atoms with Crippen molar-refractivity contribution in [1.29, 1.82) is 0 Å². The normalized spacial score (nSPS) is 10.1. The number of rotatable bonds is 6. The van der Waals surface area contributed by atoms with Gasteiger partial charge in [0.25, 0.3) is 0 Å². The number of aliphatic hydroxyl groups excluding tert-OH is 1. The van der Waals surface area contributed by atoms with E-state index in [4.69, 9.17) is 15.7 Å². The number of aliphatic hydroxyl groups is 1. The molecule has 0 fully saturated rings. The molecule has 6 heteroatoms. The van der Waals surface area contributed by atoms with Gasteiger partial charge in [-0.25, -0.2) is 10.8 Å². The van der Waals surface area contributed by atoms with E-state index in [9.17, 15) is 0 Å². The van der Waals surface area contributed by atoms with E-state index >= 15 is 0 Å². The highest BCUT2D eigenvalue weighted by Gasteiger charge is 2.03. The van der Waals surface area contributed by atoms with Crippen LogP contribution in [0.3, 0.4) is 0 Å². The van der Waals surface area contributed by atoms with Crippen molar-refractivity contribution in [3.05, 3.63) is 11.9 Å². The van der Waals surface area contributed by atoms with E-state index in [1.807, 2.05) is 6.92 Å². The van der Waals surface area contributed by atoms with Gasteiger partial charge in [0.15, 0.2) is 0 Å². The van der Waals surface area contributed by atoms with Gasteiger partial charge >= 0.3 is 0 Å². The number of hydrazine groups is 1. The summed E-state index contributed by atoms with van der Waals surface area (Å²) < 4.78 is 5.19. The molecule has 15 heavy (non-hydrogen) atoms. The van der Waals surface area contributed by atoms with Gasteiger partial charge in [-0.3, -0.25) is 0 Å². The molecule has 1 rings (SSSR count). The van der Waals surface area contributed by atoms with Gasteiger partial charge in [-0.05, 0) is 6.42 Å². The summed E-state index contributed by atoms with van der Waals surface area (Å²) >= 11 is 0. The molecule has 0 aliphatic heterocycles. The van der Waals surface area contributed by atoms with E-state index in [1.54, 1.807) is 6.07 Å². The van der Waals surface area contributed by atoms with Crippen LogP contribution < -0.4 is 16.0 Å². The summed E-state index contributed by atoms with van der Waals surface area (Å²) in [4.78, 5) is 8.33. The molecule has 1 heterocycles. The second-order valence-electron chi connectivity index (χ2n) is 2.97. The molecule has 0 atom stereocenters. The van der Waals surface area contributed by atoms with Crippen LogP contribution >= 0.6 is 0 Å². The van der Waals surface area contributed by atoms with E-state index < -0.39 is 0 Å². The van der Waals surface area contributed by atoms with Crippen LogP contribution in [-0.2, 0) is 6.42 Å². The van der Waals surface area contributed by atoms with E-state index in [1.165, 1.54) is 0 Å². The van der Waals surface area contributed by atoms with Gasteiger partial charge in [0.2, 0.25) is 5.88 Å². The van der Waals surface area contributed by atoms with Crippen LogP contribution in [0.25, 0.3) is 0 Å². The Morgan fingerprint density at radius 3 is 2.93 bits per heavy atom. The molecular weight excluding hydrogens is 196 g/mol. The van der Waals surface area contributed by atoms with Crippen molar-refractivity contribution in [3.63, 3.8) is 0 Å². The number of nitrogen functional groups attached to an aromatic ring is 1. The van der Waals surface area contributed by atoms with Crippen LogP contribution in [0.2, 0.25) is 0 Å². The Bertz CT molecular complexity index is 306. The summed E-state index contributed by atoms with van der Waals surface area (Å²) in [5.41, 5.74) is 2.45. The summed E-state index contributed by atoms with van der Waals surface area (Å²) in [5, 5.41) is 8.62. The predicted octanol–water partition coefficient (Wildman–Crippen LogP) is 0.0858. The summed E-state index contributed by atoms with van der Waals surface area (Å²) in [6, 6.07) is 1.59. The lowest BCUT2D eigenvalue weighted by Crippen LogP contribution is -2.12. The lowest BCUT2D eigenvalue weighted by atomic mass is 10.3. The number of hydrogen-bond donors (Lipinski definition) is 3. The molecule has 0 aliphatic carbocycles. The molecule has 0 aliphatic rings. The first kappa shape index (κ1) is 11.7. The Hall–Kier alpha value is -1.40. The number of nitrogens with two attached hydrogens (primary N) is 1. The minimum Gasteiger partial charge on any atom is -0.475 e. The van der Waals surface area contributed by atoms with Gasteiger partial charge < -0.3 is 15.3 Å². The Morgan fingerprint density at radius 1 is 1.53 bits per heavy atom. The van der Waals surface area contributed by atoms with Crippen molar-refractivity contribution in [2.75, 3.05) is 18.6 Å². The van der Waals surface area contributed by atoms with Gasteiger partial charge in [0.05, 0.1) is 6.61 Å². The van der Waals surface area contributed by atoms with Crippen molar-refractivity contribution in [2.24, 2.45) is 5.84 Å². The Labute approximate surface area is 88.5 Å². The van der Waals surface area contributed by atoms with Gasteiger partial charge in [-0.1, -0.05) is 6.92 Å². The smallest absolute Gasteiger partial charge is 0.218 e. The zero-order valence-electron chi connectivity index (χ0n) is 8.73. The number of nitrogens with zero attached hydrogens (tertiary/aromatic N) is 2. The third-order valence-corrected chi connectivity index (χ3v) is 1.71. The number of ether oxygens (including phenoxy) is 1. The lowest BCUT2D eigenvalue weighted by molar-refractivity contribution is 0.196. The number of aryl methyl sites for hydroxylation is 1. The topological polar surface area (TPSA) is 93.3 Å². The highest BCUT2D eigenvalue weighted by Crippen LogP contribution is 2.13. The van der Waals surface area contributed by atoms with Crippen LogP contribution in [0.4, 0.5) is 5.82 Å². The molecule has 6 nitrogen and oxygen atoms in total. The highest BCUT2D eigenvalue weighted by atomic mass is 16.5. The minimum atomic E-state index is -0.0432. The zero-order valence-corrected chi connectivity index (χ0v) is 8.73. The van der Waals surface area contributed by atoms with Gasteiger partial charge in [-0.2, -0.15) is 4.98 Å². The number of hydrogen-bond acceptors (Lipinski definition) is 6. The molecule has 1 aromatic heterocycles. The van der Waals surface area contributed by atoms with Crippen LogP contribution in [0.15, 0.2) is 6.07 Å². The summed E-state index contributed by atoms with van der Waals surface area (Å²) in [6.07, 6.45) is 1.72. The molecule has 0 saturated carbocycles. The van der Waals surface area contributed by atoms with Crippen molar-refractivity contribution in [1.82, 2.24) is 9.97 Å². The van der Waals surface area contributed by atoms with E-state index in [0.29, 0.717) is 17.5 Å². The van der Waals surface area contributed by atoms with E-state index in [2.05, 4.69) is 15.4 Å². The fourth-order valence-corrected chi connectivity index (χ4v) is 1.11. The standard InChI is InChI=1S/C9H16N4O2/c1-2-3-7-11-8(13-10)6-9(12-7)15-5-4-14/h6,14H,2-5,10H2,1H3,(H,11,12,13). The molecule has 84 valence electrons. The SMILES string of the molecule is CCCc1nc(NN)cc(OCCO)n1. The van der Waals surface area contributed by atoms with Gasteiger partial charge in [0, 0.05) is 12.5 Å². The van der Waals surface area contributed by atoms with Crippen molar-refractivity contribution >= 4 is 5.82 Å². The zero-order chi connectivity index (χ0) is 11.1. The lowest BCUT2D eigenvalue weighted by Gasteiger charge is -2.07. The number of aromatic nitrogens is 2. The summed E-state index contributed by atoms with van der Waals surface area (Å²) in [5.74, 6) is 6.89. The molecule has 0 bridgehead atoms. The first-order chi connectivity index (χ1) is 7.30. The largest absolute Gasteiger partial charge is 0.475 e. The van der Waals surface area contributed by atoms with E-state index in [-0.39, 0.29) is 13.2 Å². The van der Waals surface area contributed by atoms with Crippen LogP contribution in [0.5, 0.6) is 5.88 Å². The van der Waals surface area contributed by atoms with Gasteiger partial charge in [-0.15, -0.1) is 0 Å². The van der Waals surface area contributed by atoms with E-state index in [0.717, 1.165) is 12.8 Å².